The van der Waals surface area contributed by atoms with Crippen LogP contribution in [0.1, 0.15) is 35.6 Å². The van der Waals surface area contributed by atoms with Crippen LogP contribution in [0, 0.1) is 17.7 Å². The highest BCUT2D eigenvalue weighted by Gasteiger charge is 2.54. The van der Waals surface area contributed by atoms with Crippen LogP contribution < -0.4 is 17.0 Å². The van der Waals surface area contributed by atoms with Gasteiger partial charge in [0, 0.05) is 35.9 Å². The van der Waals surface area contributed by atoms with Crippen LogP contribution in [0.2, 0.25) is 0 Å². The van der Waals surface area contributed by atoms with Crippen molar-refractivity contribution in [1.29, 1.82) is 0 Å². The number of hydrogen-bond donors (Lipinski definition) is 1. The maximum atomic E-state index is 14.4. The number of benzene rings is 2. The van der Waals surface area contributed by atoms with Crippen molar-refractivity contribution in [2.75, 3.05) is 13.1 Å². The number of alkyl halides is 3. The van der Waals surface area contributed by atoms with Crippen LogP contribution in [0.15, 0.2) is 67.4 Å². The van der Waals surface area contributed by atoms with E-state index < -0.39 is 23.7 Å². The van der Waals surface area contributed by atoms with Crippen LogP contribution >= 0.6 is 0 Å². The predicted octanol–water partition coefficient (Wildman–Crippen LogP) is 3.04. The van der Waals surface area contributed by atoms with Crippen LogP contribution in [0.25, 0.3) is 10.9 Å². The molecule has 3 aromatic rings. The number of para-hydroxylation sites is 1. The van der Waals surface area contributed by atoms with Crippen molar-refractivity contribution in [3.63, 3.8) is 0 Å². The van der Waals surface area contributed by atoms with E-state index in [1.165, 1.54) is 6.07 Å². The van der Waals surface area contributed by atoms with Gasteiger partial charge in [-0.15, -0.1) is 6.58 Å². The van der Waals surface area contributed by atoms with Crippen LogP contribution in [0.3, 0.4) is 0 Å². The zero-order valence-corrected chi connectivity index (χ0v) is 20.6. The van der Waals surface area contributed by atoms with E-state index in [9.17, 15) is 22.7 Å². The van der Waals surface area contributed by atoms with Crippen molar-refractivity contribution in [2.45, 2.75) is 37.7 Å². The summed E-state index contributed by atoms with van der Waals surface area (Å²) in [4.78, 5) is 4.40. The Labute approximate surface area is 212 Å². The summed E-state index contributed by atoms with van der Waals surface area (Å²) in [6.45, 7) is 5.86. The minimum Gasteiger partial charge on any atom is -1.00 e. The fourth-order valence-corrected chi connectivity index (χ4v) is 6.21. The van der Waals surface area contributed by atoms with Gasteiger partial charge in [0.2, 0.25) is 0 Å². The molecule has 3 aliphatic rings. The highest BCUT2D eigenvalue weighted by molar-refractivity contribution is 5.82. The van der Waals surface area contributed by atoms with Crippen molar-refractivity contribution in [1.82, 2.24) is 4.98 Å². The molecule has 0 aliphatic carbocycles. The molecule has 1 N–H and O–H groups in total. The SMILES string of the molecule is C=C[C@H]1C[N+]2(Cc3ccc(C(F)(F)F)c(F)c3)CC[C@H]1C[C@@H]2[C@@H](O)c1ccnc2ccccc12.[Br-]. The van der Waals surface area contributed by atoms with Gasteiger partial charge in [-0.1, -0.05) is 30.3 Å². The Morgan fingerprint density at radius 2 is 1.94 bits per heavy atom. The normalized spacial score (nSPS) is 26.8. The number of aliphatic hydroxyl groups excluding tert-OH is 1. The zero-order valence-electron chi connectivity index (χ0n) is 19.1. The third-order valence-corrected chi connectivity index (χ3v) is 7.88. The summed E-state index contributed by atoms with van der Waals surface area (Å²) in [6.07, 6.45) is -0.139. The zero-order chi connectivity index (χ0) is 24.1. The Kier molecular flexibility index (Phi) is 7.10. The minimum absolute atomic E-state index is 0. The van der Waals surface area contributed by atoms with E-state index in [1.54, 1.807) is 6.20 Å². The molecule has 1 aromatic heterocycles. The van der Waals surface area contributed by atoms with Crippen molar-refractivity contribution >= 4 is 10.9 Å². The second-order valence-corrected chi connectivity index (χ2v) is 9.71. The first-order valence-corrected chi connectivity index (χ1v) is 11.6. The molecule has 2 aromatic carbocycles. The maximum absolute atomic E-state index is 14.4. The summed E-state index contributed by atoms with van der Waals surface area (Å²) in [6, 6.07) is 12.5. The quantitative estimate of drug-likeness (QED) is 0.301. The van der Waals surface area contributed by atoms with Gasteiger partial charge in [0.15, 0.2) is 0 Å². The van der Waals surface area contributed by atoms with Crippen LogP contribution in [0.4, 0.5) is 17.6 Å². The second kappa shape index (κ2) is 9.64. The van der Waals surface area contributed by atoms with Crippen molar-refractivity contribution < 1.29 is 44.1 Å². The average Bonchev–Trinajstić information content (AvgIpc) is 2.82. The lowest BCUT2D eigenvalue weighted by molar-refractivity contribution is -0.984. The summed E-state index contributed by atoms with van der Waals surface area (Å²) in [7, 11) is 0. The molecular formula is C27H27BrF4N2O. The third kappa shape index (κ3) is 4.63. The van der Waals surface area contributed by atoms with Crippen molar-refractivity contribution in [3.8, 4) is 0 Å². The van der Waals surface area contributed by atoms with Gasteiger partial charge in [0.05, 0.1) is 24.2 Å². The summed E-state index contributed by atoms with van der Waals surface area (Å²) < 4.78 is 54.1. The summed E-state index contributed by atoms with van der Waals surface area (Å²) in [5.74, 6) is -0.604. The molecule has 0 saturated carbocycles. The van der Waals surface area contributed by atoms with E-state index in [4.69, 9.17) is 0 Å². The first kappa shape index (κ1) is 25.8. The monoisotopic (exact) mass is 550 g/mol. The van der Waals surface area contributed by atoms with Gasteiger partial charge < -0.3 is 26.6 Å². The van der Waals surface area contributed by atoms with Gasteiger partial charge in [0.1, 0.15) is 24.5 Å². The van der Waals surface area contributed by atoms with E-state index in [0.717, 1.165) is 54.5 Å². The van der Waals surface area contributed by atoms with Gasteiger partial charge in [-0.2, -0.15) is 13.2 Å². The van der Waals surface area contributed by atoms with E-state index in [2.05, 4.69) is 11.6 Å². The molecule has 0 spiro atoms. The van der Waals surface area contributed by atoms with E-state index in [-0.39, 0.29) is 28.9 Å². The molecule has 2 bridgehead atoms. The lowest BCUT2D eigenvalue weighted by Crippen LogP contribution is -3.00. The van der Waals surface area contributed by atoms with Gasteiger partial charge in [-0.05, 0) is 35.7 Å². The van der Waals surface area contributed by atoms with Crippen LogP contribution in [-0.2, 0) is 12.7 Å². The first-order valence-electron chi connectivity index (χ1n) is 11.6. The molecule has 35 heavy (non-hydrogen) atoms. The highest BCUT2D eigenvalue weighted by atomic mass is 79.9. The number of pyridine rings is 1. The molecule has 4 heterocycles. The molecule has 1 unspecified atom stereocenters. The number of nitrogens with zero attached hydrogens (tertiary/aromatic N) is 2. The number of quaternary nitrogens is 1. The molecule has 3 aliphatic heterocycles. The number of halogens is 5. The Morgan fingerprint density at radius 3 is 2.66 bits per heavy atom. The Balaban J connectivity index is 0.00000289. The number of fused-ring (bicyclic) bond motifs is 4. The second-order valence-electron chi connectivity index (χ2n) is 9.71. The Morgan fingerprint density at radius 1 is 1.17 bits per heavy atom. The molecular weight excluding hydrogens is 524 g/mol. The maximum Gasteiger partial charge on any atom is 0.419 e. The molecule has 6 rings (SSSR count). The van der Waals surface area contributed by atoms with E-state index in [1.807, 2.05) is 36.4 Å². The Bertz CT molecular complexity index is 1230. The van der Waals surface area contributed by atoms with Crippen LogP contribution in [-0.4, -0.2) is 33.7 Å². The standard InChI is InChI=1S/C27H27F4N2O.BrH/c1-2-18-16-33(15-17-7-8-22(23(28)13-17)27(29,30)31)12-10-19(18)14-25(33)26(34)21-9-11-32-24-6-4-3-5-20(21)24;/h2-9,11,13,18-19,25-26,34H,1,10,12,14-16H2;1H/q+1;/p-1/t18-,19-,25+,26-,33?;/m0./s1. The van der Waals surface area contributed by atoms with Gasteiger partial charge in [-0.25, -0.2) is 4.39 Å². The topological polar surface area (TPSA) is 33.1 Å². The van der Waals surface area contributed by atoms with Gasteiger partial charge in [0.25, 0.3) is 0 Å². The fraction of sp³-hybridized carbons (Fsp3) is 0.370. The summed E-state index contributed by atoms with van der Waals surface area (Å²) in [5, 5.41) is 12.6. The molecule has 3 fully saturated rings. The molecule has 3 saturated heterocycles. The van der Waals surface area contributed by atoms with Gasteiger partial charge in [-0.3, -0.25) is 4.98 Å². The molecule has 186 valence electrons. The molecule has 0 amide bonds. The summed E-state index contributed by atoms with van der Waals surface area (Å²) >= 11 is 0. The number of rotatable bonds is 5. The smallest absolute Gasteiger partial charge is 0.419 e. The van der Waals surface area contributed by atoms with Crippen molar-refractivity contribution in [3.05, 3.63) is 89.9 Å². The highest BCUT2D eigenvalue weighted by Crippen LogP contribution is 2.48. The lowest BCUT2D eigenvalue weighted by atomic mass is 9.71. The molecule has 3 nitrogen and oxygen atoms in total. The van der Waals surface area contributed by atoms with Gasteiger partial charge >= 0.3 is 6.18 Å². The van der Waals surface area contributed by atoms with E-state index in [0.29, 0.717) is 22.5 Å². The summed E-state index contributed by atoms with van der Waals surface area (Å²) in [5.41, 5.74) is 0.854. The van der Waals surface area contributed by atoms with Crippen molar-refractivity contribution in [2.24, 2.45) is 11.8 Å². The fourth-order valence-electron chi connectivity index (χ4n) is 6.21. The lowest BCUT2D eigenvalue weighted by Gasteiger charge is -2.58. The largest absolute Gasteiger partial charge is 1.00 e. The number of piperidine rings is 3. The number of hydrogen-bond acceptors (Lipinski definition) is 2. The molecule has 8 heteroatoms. The Hall–Kier alpha value is -2.29. The first-order chi connectivity index (χ1) is 16.2. The number of aromatic nitrogens is 1. The minimum atomic E-state index is -4.73. The molecule has 5 atom stereocenters. The van der Waals surface area contributed by atoms with Crippen LogP contribution in [0.5, 0.6) is 0 Å². The predicted molar refractivity (Wildman–Crippen MR) is 122 cm³/mol. The average molecular weight is 551 g/mol. The molecule has 0 radical (unpaired) electrons. The third-order valence-electron chi connectivity index (χ3n) is 7.88. The van der Waals surface area contributed by atoms with E-state index >= 15 is 0 Å². The number of aliphatic hydroxyl groups is 1.